The molecule has 0 aromatic heterocycles. The molecule has 0 saturated heterocycles. The number of rotatable bonds is 66. The predicted molar refractivity (Wildman–Crippen MR) is 345 cm³/mol. The summed E-state index contributed by atoms with van der Waals surface area (Å²) in [6.07, 6.45) is 43.2. The maximum absolute atomic E-state index is 13.0. The second-order valence-corrected chi connectivity index (χ2v) is 28.1. The van der Waals surface area contributed by atoms with E-state index in [0.717, 1.165) is 96.3 Å². The van der Waals surface area contributed by atoms with Crippen LogP contribution in [0, 0.1) is 11.8 Å². The Labute approximate surface area is 524 Å². The van der Waals surface area contributed by atoms with Crippen LogP contribution in [0.15, 0.2) is 0 Å². The van der Waals surface area contributed by atoms with Crippen molar-refractivity contribution >= 4 is 39.5 Å². The third-order valence-electron chi connectivity index (χ3n) is 15.5. The first-order chi connectivity index (χ1) is 41.4. The lowest BCUT2D eigenvalue weighted by molar-refractivity contribution is -0.161. The molecule has 3 N–H and O–H groups in total. The smallest absolute Gasteiger partial charge is 0.462 e. The van der Waals surface area contributed by atoms with Crippen LogP contribution in [-0.2, 0) is 65.4 Å². The SMILES string of the molecule is CCCCCCCCCCCCCCCCCC(=O)O[C@H](COC(=O)CCCCCCCCCCCCCC)COP(=O)(O)OC[C@@H](O)COP(=O)(O)OC[C@@H](COC(=O)CCCCCCCCC(C)C)OC(=O)CCCCCCCCCC(C)C. The van der Waals surface area contributed by atoms with E-state index in [1.165, 1.54) is 148 Å². The number of unbranched alkanes of at least 4 members (excludes halogenated alkanes) is 36. The molecule has 86 heavy (non-hydrogen) atoms. The molecule has 0 fully saturated rings. The zero-order valence-corrected chi connectivity index (χ0v) is 57.4. The van der Waals surface area contributed by atoms with Gasteiger partial charge >= 0.3 is 39.5 Å². The van der Waals surface area contributed by atoms with Crippen molar-refractivity contribution in [3.63, 3.8) is 0 Å². The van der Waals surface area contributed by atoms with Crippen LogP contribution in [0.5, 0.6) is 0 Å². The van der Waals surface area contributed by atoms with Crippen molar-refractivity contribution in [2.45, 2.75) is 355 Å². The van der Waals surface area contributed by atoms with Crippen molar-refractivity contribution in [1.82, 2.24) is 0 Å². The van der Waals surface area contributed by atoms with Crippen LogP contribution >= 0.6 is 15.6 Å². The number of carbonyl (C=O) groups excluding carboxylic acids is 4. The van der Waals surface area contributed by atoms with E-state index in [0.29, 0.717) is 37.5 Å². The van der Waals surface area contributed by atoms with E-state index >= 15 is 0 Å². The fraction of sp³-hybridized carbons (Fsp3) is 0.940. The van der Waals surface area contributed by atoms with Gasteiger partial charge in [0.2, 0.25) is 0 Å². The summed E-state index contributed by atoms with van der Waals surface area (Å²) in [6.45, 7) is 9.38. The van der Waals surface area contributed by atoms with Gasteiger partial charge in [0.15, 0.2) is 12.2 Å². The van der Waals surface area contributed by atoms with E-state index in [-0.39, 0.29) is 25.7 Å². The molecule has 0 saturated carbocycles. The Hall–Kier alpha value is -1.94. The molecule has 0 spiro atoms. The standard InChI is InChI=1S/C67H130O17P2/c1-7-9-11-13-15-17-19-21-22-23-25-27-31-39-45-51-66(71)83-62(55-77-64(69)49-43-37-30-26-24-20-18-16-14-12-10-8-2)57-81-85(73,74)79-53-61(68)54-80-86(75,76)82-58-63(56-78-65(70)50-44-38-34-33-36-42-48-60(5)6)84-67(72)52-46-40-32-28-29-35-41-47-59(3)4/h59-63,68H,7-58H2,1-6H3,(H,73,74)(H,75,76)/t61-,62-,63-/m1/s1. The van der Waals surface area contributed by atoms with E-state index in [2.05, 4.69) is 41.5 Å². The molecule has 0 aliphatic rings. The lowest BCUT2D eigenvalue weighted by Gasteiger charge is -2.21. The second-order valence-electron chi connectivity index (χ2n) is 25.2. The normalized spacial score (nSPS) is 14.2. The van der Waals surface area contributed by atoms with Crippen LogP contribution in [0.1, 0.15) is 337 Å². The predicted octanol–water partition coefficient (Wildman–Crippen LogP) is 18.8. The average molecular weight is 1270 g/mol. The third kappa shape index (κ3) is 60.9. The van der Waals surface area contributed by atoms with Gasteiger partial charge in [0, 0.05) is 25.7 Å². The Kier molecular flexibility index (Phi) is 58.0. The molecule has 5 atom stereocenters. The van der Waals surface area contributed by atoms with Crippen LogP contribution in [0.2, 0.25) is 0 Å². The highest BCUT2D eigenvalue weighted by atomic mass is 31.2. The van der Waals surface area contributed by atoms with Gasteiger partial charge in [-0.25, -0.2) is 9.13 Å². The Morgan fingerprint density at radius 2 is 0.535 bits per heavy atom. The van der Waals surface area contributed by atoms with Gasteiger partial charge in [0.25, 0.3) is 0 Å². The van der Waals surface area contributed by atoms with Gasteiger partial charge in [-0.2, -0.15) is 0 Å². The highest BCUT2D eigenvalue weighted by Crippen LogP contribution is 2.45. The first kappa shape index (κ1) is 84.1. The highest BCUT2D eigenvalue weighted by molar-refractivity contribution is 7.47. The average Bonchev–Trinajstić information content (AvgIpc) is 3.62. The molecule has 0 aliphatic carbocycles. The van der Waals surface area contributed by atoms with Crippen molar-refractivity contribution in [2.75, 3.05) is 39.6 Å². The number of esters is 4. The summed E-state index contributed by atoms with van der Waals surface area (Å²) in [5.41, 5.74) is 0. The maximum Gasteiger partial charge on any atom is 0.472 e. The fourth-order valence-corrected chi connectivity index (χ4v) is 11.6. The topological polar surface area (TPSA) is 237 Å². The number of hydrogen-bond acceptors (Lipinski definition) is 15. The monoisotopic (exact) mass is 1270 g/mol. The van der Waals surface area contributed by atoms with Crippen LogP contribution < -0.4 is 0 Å². The molecule has 17 nitrogen and oxygen atoms in total. The Morgan fingerprint density at radius 3 is 0.791 bits per heavy atom. The minimum atomic E-state index is -4.95. The highest BCUT2D eigenvalue weighted by Gasteiger charge is 2.30. The summed E-state index contributed by atoms with van der Waals surface area (Å²) in [7, 11) is -9.89. The first-order valence-corrected chi connectivity index (χ1v) is 38.0. The van der Waals surface area contributed by atoms with Gasteiger partial charge in [0.1, 0.15) is 19.3 Å². The molecule has 0 radical (unpaired) electrons. The van der Waals surface area contributed by atoms with E-state index in [9.17, 15) is 43.2 Å². The van der Waals surface area contributed by atoms with Gasteiger partial charge in [0.05, 0.1) is 26.4 Å². The second kappa shape index (κ2) is 59.4. The first-order valence-electron chi connectivity index (χ1n) is 35.0. The van der Waals surface area contributed by atoms with Crippen LogP contribution in [-0.4, -0.2) is 96.7 Å². The van der Waals surface area contributed by atoms with E-state index < -0.39 is 97.5 Å². The minimum absolute atomic E-state index is 0.102. The van der Waals surface area contributed by atoms with Gasteiger partial charge in [-0.05, 0) is 37.5 Å². The van der Waals surface area contributed by atoms with Crippen molar-refractivity contribution in [3.05, 3.63) is 0 Å². The summed E-state index contributed by atoms with van der Waals surface area (Å²) in [5, 5.41) is 10.6. The molecule has 510 valence electrons. The number of carbonyl (C=O) groups is 4. The van der Waals surface area contributed by atoms with Crippen molar-refractivity contribution in [2.24, 2.45) is 11.8 Å². The molecule has 0 heterocycles. The van der Waals surface area contributed by atoms with E-state index in [1.54, 1.807) is 0 Å². The van der Waals surface area contributed by atoms with Crippen molar-refractivity contribution in [3.8, 4) is 0 Å². The lowest BCUT2D eigenvalue weighted by Crippen LogP contribution is -2.30. The Bertz CT molecular complexity index is 1680. The van der Waals surface area contributed by atoms with Gasteiger partial charge in [-0.1, -0.05) is 286 Å². The molecule has 0 aromatic carbocycles. The maximum atomic E-state index is 13.0. The molecule has 0 aliphatic heterocycles. The molecular formula is C67H130O17P2. The molecule has 0 aromatic rings. The summed E-state index contributed by atoms with van der Waals surface area (Å²) >= 11 is 0. The molecule has 0 bridgehead atoms. The molecular weight excluding hydrogens is 1140 g/mol. The van der Waals surface area contributed by atoms with Gasteiger partial charge < -0.3 is 33.8 Å². The molecule has 19 heteroatoms. The number of ether oxygens (including phenoxy) is 4. The molecule has 0 amide bonds. The van der Waals surface area contributed by atoms with Crippen LogP contribution in [0.3, 0.4) is 0 Å². The van der Waals surface area contributed by atoms with Crippen molar-refractivity contribution < 1.29 is 80.2 Å². The number of phosphoric ester groups is 2. The molecule has 0 rings (SSSR count). The number of aliphatic hydroxyl groups is 1. The zero-order chi connectivity index (χ0) is 63.6. The summed E-state index contributed by atoms with van der Waals surface area (Å²) in [5.74, 6) is -0.756. The van der Waals surface area contributed by atoms with E-state index in [1.807, 2.05) is 0 Å². The summed E-state index contributed by atoms with van der Waals surface area (Å²) in [6, 6.07) is 0. The van der Waals surface area contributed by atoms with Gasteiger partial charge in [-0.15, -0.1) is 0 Å². The zero-order valence-electron chi connectivity index (χ0n) is 55.6. The van der Waals surface area contributed by atoms with Crippen molar-refractivity contribution in [1.29, 1.82) is 0 Å². The largest absolute Gasteiger partial charge is 0.472 e. The molecule has 2 unspecified atom stereocenters. The van der Waals surface area contributed by atoms with Gasteiger partial charge in [-0.3, -0.25) is 37.3 Å². The summed E-state index contributed by atoms with van der Waals surface area (Å²) in [4.78, 5) is 72.3. The lowest BCUT2D eigenvalue weighted by atomic mass is 10.0. The third-order valence-corrected chi connectivity index (χ3v) is 17.4. The Balaban J connectivity index is 5.23. The van der Waals surface area contributed by atoms with Crippen LogP contribution in [0.4, 0.5) is 0 Å². The quantitative estimate of drug-likeness (QED) is 0.0222. The number of phosphoric acid groups is 2. The fourth-order valence-electron chi connectivity index (χ4n) is 10.1. The van der Waals surface area contributed by atoms with Crippen LogP contribution in [0.25, 0.3) is 0 Å². The Morgan fingerprint density at radius 1 is 0.314 bits per heavy atom. The number of hydrogen-bond donors (Lipinski definition) is 3. The van der Waals surface area contributed by atoms with E-state index in [4.69, 9.17) is 37.0 Å². The minimum Gasteiger partial charge on any atom is -0.462 e. The summed E-state index contributed by atoms with van der Waals surface area (Å²) < 4.78 is 68.1. The number of aliphatic hydroxyl groups excluding tert-OH is 1.